The van der Waals surface area contributed by atoms with Gasteiger partial charge in [-0.05, 0) is 65.6 Å². The van der Waals surface area contributed by atoms with Crippen molar-refractivity contribution in [1.82, 2.24) is 10.2 Å². The summed E-state index contributed by atoms with van der Waals surface area (Å²) in [4.78, 5) is 26.4. The van der Waals surface area contributed by atoms with Gasteiger partial charge in [0.25, 0.3) is 0 Å². The highest BCUT2D eigenvalue weighted by atomic mass is 127. The topological polar surface area (TPSA) is 129 Å². The van der Waals surface area contributed by atoms with E-state index in [0.29, 0.717) is 33.3 Å². The van der Waals surface area contributed by atoms with Crippen LogP contribution < -0.4 is 14.8 Å². The minimum atomic E-state index is -4.76. The van der Waals surface area contributed by atoms with Crippen molar-refractivity contribution < 1.29 is 47.6 Å². The van der Waals surface area contributed by atoms with Gasteiger partial charge in [-0.15, -0.1) is 6.58 Å². The number of hydrogen-bond donors (Lipinski definition) is 4. The quantitative estimate of drug-likeness (QED) is 0.136. The van der Waals surface area contributed by atoms with Crippen LogP contribution in [0.1, 0.15) is 37.7 Å². The molecule has 4 N–H and O–H groups in total. The van der Waals surface area contributed by atoms with Crippen LogP contribution in [0.15, 0.2) is 36.4 Å². The third kappa shape index (κ3) is 9.65. The Kier molecular flexibility index (Phi) is 13.0. The first-order valence-corrected chi connectivity index (χ1v) is 13.4. The number of aliphatic hydroxyl groups excluding tert-OH is 3. The van der Waals surface area contributed by atoms with Crippen molar-refractivity contribution in [3.63, 3.8) is 0 Å². The van der Waals surface area contributed by atoms with E-state index in [0.717, 1.165) is 0 Å². The third-order valence-corrected chi connectivity index (χ3v) is 6.86. The largest absolute Gasteiger partial charge is 0.493 e. The van der Waals surface area contributed by atoms with Gasteiger partial charge in [0.15, 0.2) is 11.5 Å². The van der Waals surface area contributed by atoms with Crippen molar-refractivity contribution >= 4 is 34.4 Å². The Morgan fingerprint density at radius 3 is 2.59 bits per heavy atom. The van der Waals surface area contributed by atoms with Crippen LogP contribution in [0.25, 0.3) is 0 Å². The SMILES string of the molecule is C=CCCCCC(=O)N(CC(F)(F)F)C1CC(C(=O)NCCO)=CC(Oc2c(I)cc(CO)cc2OC)C1O. The van der Waals surface area contributed by atoms with Crippen LogP contribution in [0.4, 0.5) is 13.2 Å². The molecule has 0 bridgehead atoms. The molecule has 9 nitrogen and oxygen atoms in total. The van der Waals surface area contributed by atoms with E-state index < -0.39 is 42.8 Å². The number of aliphatic hydroxyl groups is 3. The van der Waals surface area contributed by atoms with Crippen LogP contribution in [-0.2, 0) is 16.2 Å². The van der Waals surface area contributed by atoms with Gasteiger partial charge >= 0.3 is 6.18 Å². The summed E-state index contributed by atoms with van der Waals surface area (Å²) in [6.07, 6.45) is -3.82. The normalized spacial score (nSPS) is 19.2. The predicted molar refractivity (Wildman–Crippen MR) is 145 cm³/mol. The van der Waals surface area contributed by atoms with Crippen LogP contribution in [0, 0.1) is 3.57 Å². The highest BCUT2D eigenvalue weighted by molar-refractivity contribution is 14.1. The molecule has 3 unspecified atom stereocenters. The minimum absolute atomic E-state index is 0.00339. The number of nitrogens with one attached hydrogen (secondary N) is 1. The van der Waals surface area contributed by atoms with Gasteiger partial charge in [-0.3, -0.25) is 9.59 Å². The number of rotatable bonds is 14. The lowest BCUT2D eigenvalue weighted by atomic mass is 9.87. The Morgan fingerprint density at radius 2 is 2.00 bits per heavy atom. The van der Waals surface area contributed by atoms with Gasteiger partial charge in [0.05, 0.1) is 29.9 Å². The van der Waals surface area contributed by atoms with Gasteiger partial charge in [-0.2, -0.15) is 13.2 Å². The van der Waals surface area contributed by atoms with Crippen LogP contribution in [-0.4, -0.2) is 83.3 Å². The lowest BCUT2D eigenvalue weighted by Crippen LogP contribution is -2.57. The highest BCUT2D eigenvalue weighted by Gasteiger charge is 2.44. The van der Waals surface area contributed by atoms with E-state index in [-0.39, 0.29) is 49.7 Å². The molecule has 0 aliphatic heterocycles. The van der Waals surface area contributed by atoms with E-state index in [1.165, 1.54) is 19.3 Å². The summed E-state index contributed by atoms with van der Waals surface area (Å²) in [7, 11) is 1.36. The van der Waals surface area contributed by atoms with Crippen LogP contribution in [0.3, 0.4) is 0 Å². The number of benzene rings is 1. The molecule has 39 heavy (non-hydrogen) atoms. The maximum Gasteiger partial charge on any atom is 0.406 e. The van der Waals surface area contributed by atoms with Gasteiger partial charge in [-0.1, -0.05) is 6.08 Å². The highest BCUT2D eigenvalue weighted by Crippen LogP contribution is 2.37. The molecule has 0 saturated heterocycles. The predicted octanol–water partition coefficient (Wildman–Crippen LogP) is 2.84. The molecule has 0 fully saturated rings. The Hall–Kier alpha value is -2.36. The molecular weight excluding hydrogens is 636 g/mol. The number of carbonyl (C=O) groups excluding carboxylic acids is 2. The second kappa shape index (κ2) is 15.4. The van der Waals surface area contributed by atoms with Crippen molar-refractivity contribution in [3.05, 3.63) is 45.6 Å². The second-order valence-electron chi connectivity index (χ2n) is 8.95. The molecule has 0 aromatic heterocycles. The molecular formula is C26H34F3IN2O7. The molecule has 2 amide bonds. The summed E-state index contributed by atoms with van der Waals surface area (Å²) >= 11 is 1.92. The number of unbranched alkanes of at least 4 members (excludes halogenated alkanes) is 2. The van der Waals surface area contributed by atoms with Crippen molar-refractivity contribution in [3.8, 4) is 11.5 Å². The zero-order chi connectivity index (χ0) is 29.2. The van der Waals surface area contributed by atoms with E-state index in [4.69, 9.17) is 14.6 Å². The summed E-state index contributed by atoms with van der Waals surface area (Å²) in [6, 6.07) is 1.68. The molecule has 2 rings (SSSR count). The number of alkyl halides is 3. The number of nitrogens with zero attached hydrogens (tertiary/aromatic N) is 1. The van der Waals surface area contributed by atoms with Crippen molar-refractivity contribution in [2.75, 3.05) is 26.8 Å². The number of hydrogen-bond acceptors (Lipinski definition) is 7. The van der Waals surface area contributed by atoms with Gasteiger partial charge in [0, 0.05) is 25.0 Å². The molecule has 0 spiro atoms. The Bertz CT molecular complexity index is 1040. The Labute approximate surface area is 238 Å². The van der Waals surface area contributed by atoms with Crippen molar-refractivity contribution in [1.29, 1.82) is 0 Å². The molecule has 0 radical (unpaired) electrons. The fraction of sp³-hybridized carbons (Fsp3) is 0.538. The molecule has 1 aliphatic carbocycles. The van der Waals surface area contributed by atoms with Crippen LogP contribution >= 0.6 is 22.6 Å². The number of halogens is 4. The van der Waals surface area contributed by atoms with E-state index in [2.05, 4.69) is 11.9 Å². The Morgan fingerprint density at radius 1 is 1.28 bits per heavy atom. The molecule has 13 heteroatoms. The van der Waals surface area contributed by atoms with Gasteiger partial charge < -0.3 is 35.0 Å². The smallest absolute Gasteiger partial charge is 0.406 e. The molecule has 1 aromatic rings. The lowest BCUT2D eigenvalue weighted by molar-refractivity contribution is -0.172. The summed E-state index contributed by atoms with van der Waals surface area (Å²) in [5, 5.41) is 32.3. The summed E-state index contributed by atoms with van der Waals surface area (Å²) < 4.78 is 52.6. The van der Waals surface area contributed by atoms with Crippen LogP contribution in [0.2, 0.25) is 0 Å². The van der Waals surface area contributed by atoms with E-state index in [9.17, 15) is 33.0 Å². The average Bonchev–Trinajstić information content (AvgIpc) is 2.89. The van der Waals surface area contributed by atoms with Crippen LogP contribution in [0.5, 0.6) is 11.5 Å². The average molecular weight is 670 g/mol. The first-order valence-electron chi connectivity index (χ1n) is 12.3. The zero-order valence-corrected chi connectivity index (χ0v) is 23.7. The fourth-order valence-electron chi connectivity index (χ4n) is 4.19. The monoisotopic (exact) mass is 670 g/mol. The molecule has 0 saturated carbocycles. The van der Waals surface area contributed by atoms with Crippen molar-refractivity contribution in [2.45, 2.75) is 63.1 Å². The first-order chi connectivity index (χ1) is 18.4. The summed E-state index contributed by atoms with van der Waals surface area (Å²) in [5.41, 5.74) is 0.514. The standard InChI is InChI=1S/C26H34F3IN2O7/c1-3-4-5-6-7-22(35)32(15-26(27,28)29)19-12-17(25(37)31-8-9-33)13-20(23(19)36)39-24-18(30)10-16(14-34)11-21(24)38-2/h3,10-11,13,19-20,23,33-34,36H,1,4-9,12,14-15H2,2H3,(H,31,37). The van der Waals surface area contributed by atoms with Gasteiger partial charge in [0.1, 0.15) is 18.8 Å². The van der Waals surface area contributed by atoms with Gasteiger partial charge in [-0.25, -0.2) is 0 Å². The number of carbonyl (C=O) groups is 2. The van der Waals surface area contributed by atoms with E-state index in [1.54, 1.807) is 12.1 Å². The summed E-state index contributed by atoms with van der Waals surface area (Å²) in [6.45, 7) is 1.24. The van der Waals surface area contributed by atoms with Gasteiger partial charge in [0.2, 0.25) is 11.8 Å². The number of ether oxygens (including phenoxy) is 2. The molecule has 1 aromatic carbocycles. The minimum Gasteiger partial charge on any atom is -0.493 e. The third-order valence-electron chi connectivity index (χ3n) is 6.06. The summed E-state index contributed by atoms with van der Waals surface area (Å²) in [5.74, 6) is -1.14. The maximum atomic E-state index is 13.6. The molecule has 1 aliphatic rings. The number of allylic oxidation sites excluding steroid dienone is 1. The lowest BCUT2D eigenvalue weighted by Gasteiger charge is -2.41. The Balaban J connectivity index is 2.49. The molecule has 218 valence electrons. The maximum absolute atomic E-state index is 13.6. The van der Waals surface area contributed by atoms with E-state index >= 15 is 0 Å². The van der Waals surface area contributed by atoms with E-state index in [1.807, 2.05) is 22.6 Å². The number of amides is 2. The fourth-order valence-corrected chi connectivity index (χ4v) is 4.98. The first kappa shape index (κ1) is 32.8. The van der Waals surface area contributed by atoms with Crippen molar-refractivity contribution in [2.24, 2.45) is 0 Å². The molecule has 0 heterocycles. The zero-order valence-electron chi connectivity index (χ0n) is 21.5. The number of methoxy groups -OCH3 is 1. The molecule has 3 atom stereocenters. The second-order valence-corrected chi connectivity index (χ2v) is 10.1.